The first kappa shape index (κ1) is 77.3. The van der Waals surface area contributed by atoms with E-state index in [1.165, 1.54) is 83.5 Å². The first-order chi connectivity index (χ1) is 45.3. The molecule has 0 N–H and O–H groups in total. The van der Waals surface area contributed by atoms with E-state index < -0.39 is 0 Å². The fourth-order valence-corrected chi connectivity index (χ4v) is 10.9. The first-order valence-electron chi connectivity index (χ1n) is 31.3. The molecule has 492 valence electrons. The normalized spacial score (nSPS) is 9.99. The van der Waals surface area contributed by atoms with Crippen molar-refractivity contribution < 1.29 is 80.4 Å². The number of hydrogen-bond acceptors (Lipinski definition) is 5. The third-order valence-electron chi connectivity index (χ3n) is 15.5. The van der Waals surface area contributed by atoms with Crippen LogP contribution in [0.25, 0.3) is 101 Å². The van der Waals surface area contributed by atoms with Gasteiger partial charge in [-0.25, -0.2) is 0 Å². The number of pyridine rings is 5. The van der Waals surface area contributed by atoms with E-state index in [2.05, 4.69) is 293 Å². The summed E-state index contributed by atoms with van der Waals surface area (Å²) in [5.74, 6) is 0. The Labute approximate surface area is 628 Å². The molecule has 5 nitrogen and oxygen atoms in total. The van der Waals surface area contributed by atoms with Crippen LogP contribution in [-0.2, 0) is 80.4 Å². The van der Waals surface area contributed by atoms with E-state index in [0.29, 0.717) is 0 Å². The van der Waals surface area contributed by atoms with E-state index in [0.717, 1.165) is 67.4 Å². The van der Waals surface area contributed by atoms with Gasteiger partial charge in [-0.05, 0) is 115 Å². The largest absolute Gasteiger partial charge is 0.305 e. The Hall–Kier alpha value is -8.67. The summed E-state index contributed by atoms with van der Waals surface area (Å²) in [4.78, 5) is 22.5. The number of nitrogens with zero attached hydrogens (tertiary/aromatic N) is 5. The van der Waals surface area contributed by atoms with Crippen LogP contribution < -0.4 is 0 Å². The molecule has 0 aliphatic heterocycles. The third-order valence-corrected chi connectivity index (χ3v) is 15.5. The zero-order valence-corrected chi connectivity index (χ0v) is 65.3. The number of hydrogen-bond donors (Lipinski definition) is 0. The molecule has 0 aliphatic carbocycles. The van der Waals surface area contributed by atoms with Gasteiger partial charge in [0, 0.05) is 123 Å². The van der Waals surface area contributed by atoms with Gasteiger partial charge in [0.25, 0.3) is 0 Å². The molecule has 9 heteroatoms. The predicted octanol–water partition coefficient (Wildman–Crippen LogP) is 22.2. The molecule has 0 bridgehead atoms. The summed E-state index contributed by atoms with van der Waals surface area (Å²) in [6.07, 6.45) is 9.40. The van der Waals surface area contributed by atoms with Gasteiger partial charge < -0.3 is 24.9 Å². The zero-order chi connectivity index (χ0) is 64.9. The van der Waals surface area contributed by atoms with Crippen molar-refractivity contribution in [3.63, 3.8) is 0 Å². The Bertz CT molecular complexity index is 4550. The van der Waals surface area contributed by atoms with Crippen LogP contribution in [0.3, 0.4) is 0 Å². The molecule has 97 heavy (non-hydrogen) atoms. The monoisotopic (exact) mass is 1970 g/mol. The average Bonchev–Trinajstić information content (AvgIpc) is 0.856. The molecule has 0 unspecified atom stereocenters. The maximum atomic E-state index is 4.64. The topological polar surface area (TPSA) is 64.5 Å². The van der Waals surface area contributed by atoms with Gasteiger partial charge in [0.05, 0.1) is 0 Å². The van der Waals surface area contributed by atoms with Crippen molar-refractivity contribution in [3.05, 3.63) is 366 Å². The number of aryl methyl sites for hydroxylation is 9. The molecule has 5 aromatic heterocycles. The molecule has 14 aromatic rings. The minimum atomic E-state index is 0. The fraction of sp³-hybridized carbons (Fsp3) is 0.102. The molecular formula is C88H74Ir4N5-5. The second kappa shape index (κ2) is 38.9. The molecule has 0 amide bonds. The molecule has 9 aromatic carbocycles. The van der Waals surface area contributed by atoms with Crippen LogP contribution in [-0.4, -0.2) is 24.9 Å². The molecule has 4 radical (unpaired) electrons. The Morgan fingerprint density at radius 1 is 0.247 bits per heavy atom. The molecule has 0 saturated carbocycles. The van der Waals surface area contributed by atoms with Gasteiger partial charge in [0.2, 0.25) is 0 Å². The average molecular weight is 1970 g/mol. The van der Waals surface area contributed by atoms with Crippen LogP contribution in [0.2, 0.25) is 0 Å². The van der Waals surface area contributed by atoms with Gasteiger partial charge in [-0.1, -0.05) is 196 Å². The number of rotatable bonds is 9. The summed E-state index contributed by atoms with van der Waals surface area (Å²) < 4.78 is 0. The van der Waals surface area contributed by atoms with Gasteiger partial charge in [0.1, 0.15) is 0 Å². The minimum absolute atomic E-state index is 0. The van der Waals surface area contributed by atoms with Crippen LogP contribution in [0.15, 0.2) is 286 Å². The van der Waals surface area contributed by atoms with Crippen molar-refractivity contribution in [1.82, 2.24) is 24.9 Å². The van der Waals surface area contributed by atoms with E-state index in [1.54, 1.807) is 0 Å². The smallest absolute Gasteiger partial charge is 0.0242 e. The van der Waals surface area contributed by atoms with E-state index in [1.807, 2.05) is 110 Å². The molecule has 14 rings (SSSR count). The van der Waals surface area contributed by atoms with Gasteiger partial charge in [0.15, 0.2) is 0 Å². The first-order valence-corrected chi connectivity index (χ1v) is 31.3. The summed E-state index contributed by atoms with van der Waals surface area (Å²) in [7, 11) is 0. The van der Waals surface area contributed by atoms with Gasteiger partial charge in [-0.3, -0.25) is 0 Å². The van der Waals surface area contributed by atoms with E-state index >= 15 is 0 Å². The molecular weight excluding hydrogens is 1900 g/mol. The van der Waals surface area contributed by atoms with Crippen molar-refractivity contribution in [2.75, 3.05) is 0 Å². The van der Waals surface area contributed by atoms with Crippen LogP contribution in [0.4, 0.5) is 0 Å². The van der Waals surface area contributed by atoms with Gasteiger partial charge >= 0.3 is 0 Å². The summed E-state index contributed by atoms with van der Waals surface area (Å²) >= 11 is 0. The number of benzene rings is 9. The molecule has 0 atom stereocenters. The maximum Gasteiger partial charge on any atom is 0.0242 e. The van der Waals surface area contributed by atoms with Crippen molar-refractivity contribution in [1.29, 1.82) is 0 Å². The summed E-state index contributed by atoms with van der Waals surface area (Å²) in [6, 6.07) is 103. The molecule has 5 heterocycles. The SMILES string of the molecule is Cc1[c-]c(-c2cc(C)c(-c3ccccc3)cn2)cc(C)c1.Cc1[c-]c(-c2cc(C)c(-c3ccccc3)cn2)cc(C)c1.Cc1cccnc1-c1[c-]ccc(-c2ccccc2)c1.Cc1cccnc1-c1[c-]cccc1.Cc1ccnc(-c2[c-]ccc(-c3ccccc3)c2)c1.[Ir].[Ir].[Ir].[Ir]. The minimum Gasteiger partial charge on any atom is -0.305 e. The molecule has 0 fully saturated rings. The van der Waals surface area contributed by atoms with Crippen LogP contribution >= 0.6 is 0 Å². The summed E-state index contributed by atoms with van der Waals surface area (Å²) in [5, 5.41) is 0. The predicted molar refractivity (Wildman–Crippen MR) is 387 cm³/mol. The van der Waals surface area contributed by atoms with Crippen molar-refractivity contribution in [2.45, 2.75) is 62.3 Å². The van der Waals surface area contributed by atoms with Crippen LogP contribution in [0.1, 0.15) is 50.1 Å². The second-order valence-electron chi connectivity index (χ2n) is 23.1. The van der Waals surface area contributed by atoms with Crippen molar-refractivity contribution in [3.8, 4) is 101 Å². The quantitative estimate of drug-likeness (QED) is 0.135. The molecule has 0 aliphatic rings. The number of aromatic nitrogens is 5. The molecule has 0 saturated heterocycles. The Balaban J connectivity index is 0.000000191. The van der Waals surface area contributed by atoms with Gasteiger partial charge in [-0.2, -0.15) is 0 Å². The Morgan fingerprint density at radius 2 is 0.649 bits per heavy atom. The van der Waals surface area contributed by atoms with Crippen LogP contribution in [0.5, 0.6) is 0 Å². The Morgan fingerprint density at radius 3 is 1.06 bits per heavy atom. The van der Waals surface area contributed by atoms with Crippen LogP contribution in [0, 0.1) is 92.6 Å². The van der Waals surface area contributed by atoms with E-state index in [9.17, 15) is 0 Å². The summed E-state index contributed by atoms with van der Waals surface area (Å²) in [5.41, 5.74) is 30.6. The standard InChI is InChI=1S/2C20H18N.2C18H14N.C12H10N.4Ir/c2*1-14-9-15(2)11-18(10-14)20-12-16(3)19(13-21-20)17-7-5-4-6-8-17;1-14-7-6-12-19-18(14)17-11-5-10-16(13-17)15-8-3-2-4-9-15;1-14-10-11-19-18(12-14)17-9-5-8-16(13-17)15-6-3-2-4-7-15;1-10-6-5-9-13-12(10)11-7-3-2-4-8-11;;;;/h2*4-10,12-13H,1-3H3;2-10,12-13H,1H3;2-8,10-13H,1H3;2-7,9H,1H3;;;;/q5*-1;;;;. The van der Waals surface area contributed by atoms with E-state index in [-0.39, 0.29) is 80.4 Å². The summed E-state index contributed by atoms with van der Waals surface area (Å²) in [6.45, 7) is 18.8. The second-order valence-corrected chi connectivity index (χ2v) is 23.1. The third kappa shape index (κ3) is 22.2. The van der Waals surface area contributed by atoms with Crippen molar-refractivity contribution in [2.24, 2.45) is 0 Å². The fourth-order valence-electron chi connectivity index (χ4n) is 10.9. The molecule has 0 spiro atoms. The van der Waals surface area contributed by atoms with Crippen molar-refractivity contribution >= 4 is 0 Å². The maximum absolute atomic E-state index is 4.64. The Kier molecular flexibility index (Phi) is 31.0. The zero-order valence-electron chi connectivity index (χ0n) is 55.7. The van der Waals surface area contributed by atoms with E-state index in [4.69, 9.17) is 0 Å². The van der Waals surface area contributed by atoms with Gasteiger partial charge in [-0.15, -0.1) is 176 Å².